The first kappa shape index (κ1) is 29.8. The van der Waals surface area contributed by atoms with Crippen LogP contribution in [0.15, 0.2) is 81.7 Å². The van der Waals surface area contributed by atoms with Crippen molar-refractivity contribution in [1.29, 1.82) is 0 Å². The molecule has 2 heterocycles. The number of aryl methyl sites for hydroxylation is 2. The fourth-order valence-corrected chi connectivity index (χ4v) is 6.27. The molecule has 0 saturated carbocycles. The van der Waals surface area contributed by atoms with E-state index in [-0.39, 0.29) is 12.2 Å². The zero-order valence-electron chi connectivity index (χ0n) is 25.1. The molecule has 0 amide bonds. The van der Waals surface area contributed by atoms with Crippen LogP contribution < -0.4 is 29.1 Å². The molecule has 8 nitrogen and oxygen atoms in total. The zero-order chi connectivity index (χ0) is 30.7. The SMILES string of the molecule is CCOC(=O)C1=C(C)N=c2s/c(=C/c3ccc(OC)c(COc4cc(C)cc(C)c4)c3)c(=O)n2C1c1ccc(OC)cc1. The van der Waals surface area contributed by atoms with Crippen molar-refractivity contribution in [3.63, 3.8) is 0 Å². The van der Waals surface area contributed by atoms with Gasteiger partial charge in [0.25, 0.3) is 5.56 Å². The Kier molecular flexibility index (Phi) is 8.82. The van der Waals surface area contributed by atoms with Crippen LogP contribution in [0.4, 0.5) is 0 Å². The van der Waals surface area contributed by atoms with Gasteiger partial charge in [0.2, 0.25) is 0 Å². The number of ether oxygens (including phenoxy) is 4. The van der Waals surface area contributed by atoms with Crippen LogP contribution in [-0.2, 0) is 16.1 Å². The van der Waals surface area contributed by atoms with E-state index in [0.29, 0.717) is 38.7 Å². The summed E-state index contributed by atoms with van der Waals surface area (Å²) >= 11 is 1.28. The second kappa shape index (κ2) is 12.7. The van der Waals surface area contributed by atoms with Gasteiger partial charge < -0.3 is 18.9 Å². The third-order valence-electron chi connectivity index (χ3n) is 7.14. The van der Waals surface area contributed by atoms with Crippen molar-refractivity contribution in [2.24, 2.45) is 4.99 Å². The van der Waals surface area contributed by atoms with Gasteiger partial charge in [0.05, 0.1) is 42.7 Å². The lowest BCUT2D eigenvalue weighted by Crippen LogP contribution is -2.39. The summed E-state index contributed by atoms with van der Waals surface area (Å²) in [7, 11) is 3.21. The van der Waals surface area contributed by atoms with E-state index in [0.717, 1.165) is 33.6 Å². The van der Waals surface area contributed by atoms with Crippen molar-refractivity contribution in [2.45, 2.75) is 40.3 Å². The van der Waals surface area contributed by atoms with E-state index in [9.17, 15) is 9.59 Å². The van der Waals surface area contributed by atoms with E-state index < -0.39 is 12.0 Å². The number of rotatable bonds is 9. The van der Waals surface area contributed by atoms with Gasteiger partial charge in [0.1, 0.15) is 23.9 Å². The molecule has 1 atom stereocenters. The molecule has 0 aliphatic carbocycles. The number of carbonyl (C=O) groups is 1. The molecule has 0 saturated heterocycles. The molecule has 0 bridgehead atoms. The minimum absolute atomic E-state index is 0.211. The molecule has 222 valence electrons. The van der Waals surface area contributed by atoms with E-state index in [1.54, 1.807) is 32.6 Å². The summed E-state index contributed by atoms with van der Waals surface area (Å²) in [4.78, 5) is 32.3. The Labute approximate surface area is 254 Å². The lowest BCUT2D eigenvalue weighted by molar-refractivity contribution is -0.139. The Bertz CT molecular complexity index is 1870. The lowest BCUT2D eigenvalue weighted by atomic mass is 9.96. The van der Waals surface area contributed by atoms with E-state index in [4.69, 9.17) is 18.9 Å². The highest BCUT2D eigenvalue weighted by atomic mass is 32.1. The van der Waals surface area contributed by atoms with Gasteiger partial charge in [0.15, 0.2) is 4.80 Å². The van der Waals surface area contributed by atoms with Gasteiger partial charge in [-0.25, -0.2) is 9.79 Å². The van der Waals surface area contributed by atoms with Crippen LogP contribution in [0.3, 0.4) is 0 Å². The monoisotopic (exact) mass is 598 g/mol. The first-order valence-electron chi connectivity index (χ1n) is 13.9. The molecular weight excluding hydrogens is 564 g/mol. The molecule has 1 aliphatic heterocycles. The Hall–Kier alpha value is -4.63. The predicted octanol–water partition coefficient (Wildman–Crippen LogP) is 5.01. The molecule has 0 spiro atoms. The van der Waals surface area contributed by atoms with Crippen LogP contribution in [0.25, 0.3) is 6.08 Å². The minimum atomic E-state index is -0.694. The van der Waals surface area contributed by atoms with E-state index in [1.807, 2.05) is 74.5 Å². The summed E-state index contributed by atoms with van der Waals surface area (Å²) in [6.07, 6.45) is 1.83. The second-order valence-electron chi connectivity index (χ2n) is 10.3. The highest BCUT2D eigenvalue weighted by Gasteiger charge is 2.33. The van der Waals surface area contributed by atoms with E-state index in [1.165, 1.54) is 11.3 Å². The topological polar surface area (TPSA) is 88.4 Å². The molecule has 1 unspecified atom stereocenters. The Balaban J connectivity index is 1.57. The van der Waals surface area contributed by atoms with Crippen molar-refractivity contribution >= 4 is 23.4 Å². The second-order valence-corrected chi connectivity index (χ2v) is 11.3. The molecule has 4 aromatic rings. The van der Waals surface area contributed by atoms with Gasteiger partial charge in [-0.1, -0.05) is 35.6 Å². The van der Waals surface area contributed by atoms with Gasteiger partial charge in [-0.15, -0.1) is 0 Å². The van der Waals surface area contributed by atoms with Crippen LogP contribution >= 0.6 is 11.3 Å². The molecule has 0 radical (unpaired) electrons. The maximum Gasteiger partial charge on any atom is 0.338 e. The van der Waals surface area contributed by atoms with E-state index in [2.05, 4.69) is 11.1 Å². The number of carbonyl (C=O) groups excluding carboxylic acids is 1. The number of nitrogens with zero attached hydrogens (tertiary/aromatic N) is 2. The number of aromatic nitrogens is 1. The van der Waals surface area contributed by atoms with Crippen molar-refractivity contribution < 1.29 is 23.7 Å². The van der Waals surface area contributed by atoms with Crippen LogP contribution in [0, 0.1) is 13.8 Å². The van der Waals surface area contributed by atoms with Crippen molar-refractivity contribution in [2.75, 3.05) is 20.8 Å². The van der Waals surface area contributed by atoms with Gasteiger partial charge in [-0.3, -0.25) is 9.36 Å². The number of thiazole rings is 1. The van der Waals surface area contributed by atoms with E-state index >= 15 is 0 Å². The fraction of sp³-hybridized carbons (Fsp3) is 0.265. The molecule has 0 N–H and O–H groups in total. The Morgan fingerprint density at radius 3 is 2.33 bits per heavy atom. The summed E-state index contributed by atoms with van der Waals surface area (Å²) in [6.45, 7) is 8.10. The summed E-state index contributed by atoms with van der Waals surface area (Å²) in [5.41, 5.74) is 5.26. The van der Waals surface area contributed by atoms with Crippen LogP contribution in [-0.4, -0.2) is 31.4 Å². The molecule has 9 heteroatoms. The van der Waals surface area contributed by atoms with Crippen LogP contribution in [0.1, 0.15) is 47.7 Å². The number of hydrogen-bond acceptors (Lipinski definition) is 8. The number of fused-ring (bicyclic) bond motifs is 1. The average Bonchev–Trinajstić information content (AvgIpc) is 3.28. The Morgan fingerprint density at radius 2 is 1.67 bits per heavy atom. The smallest absolute Gasteiger partial charge is 0.338 e. The first-order valence-corrected chi connectivity index (χ1v) is 14.8. The largest absolute Gasteiger partial charge is 0.497 e. The van der Waals surface area contributed by atoms with Gasteiger partial charge in [-0.05, 0) is 92.4 Å². The maximum absolute atomic E-state index is 14.0. The zero-order valence-corrected chi connectivity index (χ0v) is 25.9. The highest BCUT2D eigenvalue weighted by molar-refractivity contribution is 7.07. The third kappa shape index (κ3) is 6.27. The minimum Gasteiger partial charge on any atom is -0.497 e. The summed E-state index contributed by atoms with van der Waals surface area (Å²) < 4.78 is 24.5. The number of hydrogen-bond donors (Lipinski definition) is 0. The molecule has 5 rings (SSSR count). The van der Waals surface area contributed by atoms with Crippen LogP contribution in [0.5, 0.6) is 17.2 Å². The van der Waals surface area contributed by atoms with Crippen molar-refractivity contribution in [3.05, 3.63) is 119 Å². The molecule has 0 fully saturated rings. The highest BCUT2D eigenvalue weighted by Crippen LogP contribution is 2.32. The molecule has 1 aromatic heterocycles. The standard InChI is InChI=1S/C34H34N2O6S/c1-7-41-33(38)30-22(4)35-34-36(31(30)24-9-11-26(39-5)12-10-24)32(37)29(43-34)18-23-8-13-28(40-6)25(17-23)19-42-27-15-20(2)14-21(3)16-27/h8-18,31H,7,19H2,1-6H3/b29-18+. The molecule has 1 aliphatic rings. The Morgan fingerprint density at radius 1 is 0.953 bits per heavy atom. The number of methoxy groups -OCH3 is 2. The normalized spacial score (nSPS) is 14.7. The number of allylic oxidation sites excluding steroid dienone is 1. The maximum atomic E-state index is 14.0. The van der Waals surface area contributed by atoms with Gasteiger partial charge in [-0.2, -0.15) is 0 Å². The number of benzene rings is 3. The van der Waals surface area contributed by atoms with Gasteiger partial charge >= 0.3 is 5.97 Å². The van der Waals surface area contributed by atoms with Gasteiger partial charge in [0, 0.05) is 5.56 Å². The number of esters is 1. The van der Waals surface area contributed by atoms with Crippen molar-refractivity contribution in [3.8, 4) is 17.2 Å². The fourth-order valence-electron chi connectivity index (χ4n) is 5.22. The predicted molar refractivity (Wildman–Crippen MR) is 167 cm³/mol. The van der Waals surface area contributed by atoms with Crippen molar-refractivity contribution in [1.82, 2.24) is 4.57 Å². The third-order valence-corrected chi connectivity index (χ3v) is 8.12. The average molecular weight is 599 g/mol. The van der Waals surface area contributed by atoms with Crippen LogP contribution in [0.2, 0.25) is 0 Å². The first-order chi connectivity index (χ1) is 20.7. The summed E-state index contributed by atoms with van der Waals surface area (Å²) in [5.74, 6) is 1.65. The summed E-state index contributed by atoms with van der Waals surface area (Å²) in [6, 6.07) is 18.4. The molecule has 43 heavy (non-hydrogen) atoms. The summed E-state index contributed by atoms with van der Waals surface area (Å²) in [5, 5.41) is 0. The quantitative estimate of drug-likeness (QED) is 0.252. The molecular formula is C34H34N2O6S. The molecule has 3 aromatic carbocycles. The lowest BCUT2D eigenvalue weighted by Gasteiger charge is -2.24.